The Morgan fingerprint density at radius 2 is 2.33 bits per heavy atom. The van der Waals surface area contributed by atoms with Crippen LogP contribution in [0.2, 0.25) is 0 Å². The molecule has 0 saturated carbocycles. The number of benzene rings is 1. The number of nitrogens with one attached hydrogen (secondary N) is 1. The summed E-state index contributed by atoms with van der Waals surface area (Å²) in [6.45, 7) is 7.77. The summed E-state index contributed by atoms with van der Waals surface area (Å²) in [5.74, 6) is 0. The van der Waals surface area contributed by atoms with Crippen LogP contribution in [0.1, 0.15) is 6.92 Å². The van der Waals surface area contributed by atoms with E-state index in [1.165, 1.54) is 3.57 Å². The molecule has 1 aromatic carbocycles. The number of aromatic nitrogens is 2. The molecule has 0 atom stereocenters. The molecule has 0 radical (unpaired) electrons. The Hall–Kier alpha value is -0.660. The zero-order chi connectivity index (χ0) is 13.1. The Morgan fingerprint density at radius 3 is 3.06 bits per heavy atom. The second kappa shape index (κ2) is 5.99. The van der Waals surface area contributed by atoms with Crippen LogP contribution in [0, 0.1) is 8.34 Å². The normalized spacial score (nSPS) is 11.0. The quantitative estimate of drug-likeness (QED) is 0.372. The fourth-order valence-corrected chi connectivity index (χ4v) is 2.55. The molecule has 0 aliphatic heterocycles. The van der Waals surface area contributed by atoms with Gasteiger partial charge >= 0.3 is 0 Å². The fraction of sp³-hybridized carbons (Fsp3) is 0.308. The summed E-state index contributed by atoms with van der Waals surface area (Å²) in [5.41, 5.74) is 3.23. The molecule has 0 amide bonds. The van der Waals surface area contributed by atoms with Gasteiger partial charge in [0.2, 0.25) is 0 Å². The van der Waals surface area contributed by atoms with Gasteiger partial charge in [0.25, 0.3) is 0 Å². The monoisotopic (exact) mass is 374 g/mol. The third-order valence-electron chi connectivity index (χ3n) is 2.54. The van der Waals surface area contributed by atoms with Crippen molar-refractivity contribution in [1.29, 1.82) is 0 Å². The highest BCUT2D eigenvalue weighted by molar-refractivity contribution is 14.1. The van der Waals surface area contributed by atoms with Gasteiger partial charge in [-0.2, -0.15) is 0 Å². The molecule has 0 aliphatic carbocycles. The lowest BCUT2D eigenvalue weighted by Gasteiger charge is -2.06. The van der Waals surface area contributed by atoms with Crippen LogP contribution in [0.5, 0.6) is 0 Å². The zero-order valence-corrected chi connectivity index (χ0v) is 13.2. The van der Waals surface area contributed by atoms with Crippen molar-refractivity contribution in [3.63, 3.8) is 0 Å². The number of H-pyrrole nitrogens is 1. The van der Waals surface area contributed by atoms with Gasteiger partial charge in [-0.25, -0.2) is 0 Å². The summed E-state index contributed by atoms with van der Waals surface area (Å²) in [5, 5.41) is 0. The molecule has 3 nitrogen and oxygen atoms in total. The molecular weight excluding hydrogens is 359 g/mol. The van der Waals surface area contributed by atoms with E-state index in [1.54, 1.807) is 0 Å². The number of ether oxygens (including phenoxy) is 1. The van der Waals surface area contributed by atoms with Crippen LogP contribution in [0.25, 0.3) is 11.0 Å². The molecule has 0 bridgehead atoms. The highest BCUT2D eigenvalue weighted by Crippen LogP contribution is 2.17. The van der Waals surface area contributed by atoms with Gasteiger partial charge in [-0.3, -0.25) is 0 Å². The van der Waals surface area contributed by atoms with E-state index >= 15 is 0 Å². The number of hydrogen-bond donors (Lipinski definition) is 1. The van der Waals surface area contributed by atoms with Crippen molar-refractivity contribution < 1.29 is 4.74 Å². The van der Waals surface area contributed by atoms with Crippen molar-refractivity contribution in [2.45, 2.75) is 13.5 Å². The van der Waals surface area contributed by atoms with Crippen LogP contribution in [0.4, 0.5) is 0 Å². The third-order valence-corrected chi connectivity index (χ3v) is 3.54. The van der Waals surface area contributed by atoms with Crippen LogP contribution >= 0.6 is 34.8 Å². The van der Waals surface area contributed by atoms with Gasteiger partial charge in [-0.1, -0.05) is 12.2 Å². The Balaban J connectivity index is 2.15. The van der Waals surface area contributed by atoms with Gasteiger partial charge in [0.15, 0.2) is 4.77 Å². The highest BCUT2D eigenvalue weighted by atomic mass is 127. The zero-order valence-electron chi connectivity index (χ0n) is 10.2. The van der Waals surface area contributed by atoms with Gasteiger partial charge < -0.3 is 14.3 Å². The van der Waals surface area contributed by atoms with E-state index in [0.717, 1.165) is 27.9 Å². The molecule has 0 unspecified atom stereocenters. The molecule has 18 heavy (non-hydrogen) atoms. The molecule has 0 aliphatic rings. The standard InChI is InChI=1S/C13H15IN2OS/c1-9(2)8-17-6-5-16-12-4-3-10(14)7-11(12)15-13(16)18/h3-4,7H,1,5-6,8H2,2H3,(H,15,18). The van der Waals surface area contributed by atoms with E-state index < -0.39 is 0 Å². The molecule has 2 rings (SSSR count). The highest BCUT2D eigenvalue weighted by Gasteiger charge is 2.04. The lowest BCUT2D eigenvalue weighted by Crippen LogP contribution is -2.07. The lowest BCUT2D eigenvalue weighted by molar-refractivity contribution is 0.148. The van der Waals surface area contributed by atoms with Gasteiger partial charge in [0.05, 0.1) is 24.2 Å². The van der Waals surface area contributed by atoms with Crippen LogP contribution in [0.15, 0.2) is 30.4 Å². The average molecular weight is 374 g/mol. The molecule has 96 valence electrons. The smallest absolute Gasteiger partial charge is 0.178 e. The third kappa shape index (κ3) is 3.21. The number of aromatic amines is 1. The van der Waals surface area contributed by atoms with Crippen LogP contribution in [0.3, 0.4) is 0 Å². The van der Waals surface area contributed by atoms with Gasteiger partial charge in [-0.05, 0) is 59.9 Å². The predicted molar refractivity (Wildman–Crippen MR) is 85.5 cm³/mol. The average Bonchev–Trinajstić information content (AvgIpc) is 2.59. The minimum atomic E-state index is 0.605. The number of rotatable bonds is 5. The largest absolute Gasteiger partial charge is 0.375 e. The maximum absolute atomic E-state index is 5.51. The van der Waals surface area contributed by atoms with E-state index in [-0.39, 0.29) is 0 Å². The fourth-order valence-electron chi connectivity index (χ4n) is 1.76. The van der Waals surface area contributed by atoms with E-state index in [0.29, 0.717) is 13.2 Å². The molecular formula is C13H15IN2OS. The number of hydrogen-bond acceptors (Lipinski definition) is 2. The molecule has 0 fully saturated rings. The summed E-state index contributed by atoms with van der Waals surface area (Å²) < 4.78 is 9.52. The topological polar surface area (TPSA) is 29.9 Å². The van der Waals surface area contributed by atoms with Crippen LogP contribution in [-0.2, 0) is 11.3 Å². The van der Waals surface area contributed by atoms with Crippen LogP contribution in [-0.4, -0.2) is 22.8 Å². The molecule has 0 saturated heterocycles. The second-order valence-corrected chi connectivity index (χ2v) is 5.89. The van der Waals surface area contributed by atoms with Gasteiger partial charge in [0, 0.05) is 10.1 Å². The summed E-state index contributed by atoms with van der Waals surface area (Å²) in [7, 11) is 0. The maximum Gasteiger partial charge on any atom is 0.178 e. The van der Waals surface area contributed by atoms with E-state index in [4.69, 9.17) is 17.0 Å². The minimum absolute atomic E-state index is 0.605. The first-order chi connectivity index (χ1) is 8.58. The number of nitrogens with zero attached hydrogens (tertiary/aromatic N) is 1. The Bertz CT molecular complexity index is 629. The number of fused-ring (bicyclic) bond motifs is 1. The van der Waals surface area contributed by atoms with Crippen molar-refractivity contribution >= 4 is 45.8 Å². The summed E-state index contributed by atoms with van der Waals surface area (Å²) >= 11 is 7.62. The SMILES string of the molecule is C=C(C)COCCn1c(=S)[nH]c2cc(I)ccc21. The van der Waals surface area contributed by atoms with Crippen molar-refractivity contribution in [2.75, 3.05) is 13.2 Å². The van der Waals surface area contributed by atoms with Crippen LogP contribution < -0.4 is 0 Å². The van der Waals surface area contributed by atoms with E-state index in [1.807, 2.05) is 6.92 Å². The van der Waals surface area contributed by atoms with E-state index in [9.17, 15) is 0 Å². The molecule has 5 heteroatoms. The maximum atomic E-state index is 5.51. The summed E-state index contributed by atoms with van der Waals surface area (Å²) in [6.07, 6.45) is 0. The lowest BCUT2D eigenvalue weighted by atomic mass is 10.3. The second-order valence-electron chi connectivity index (χ2n) is 4.25. The molecule has 2 aromatic rings. The number of halogens is 1. The minimum Gasteiger partial charge on any atom is -0.375 e. The van der Waals surface area contributed by atoms with Crippen molar-refractivity contribution in [3.05, 3.63) is 38.7 Å². The Labute approximate surface area is 125 Å². The first-order valence-electron chi connectivity index (χ1n) is 5.68. The van der Waals surface area contributed by atoms with E-state index in [2.05, 4.69) is 56.9 Å². The van der Waals surface area contributed by atoms with Gasteiger partial charge in [0.1, 0.15) is 0 Å². The van der Waals surface area contributed by atoms with Crippen molar-refractivity contribution in [1.82, 2.24) is 9.55 Å². The van der Waals surface area contributed by atoms with Gasteiger partial charge in [-0.15, -0.1) is 0 Å². The number of imidazole rings is 1. The molecule has 1 heterocycles. The first kappa shape index (κ1) is 13.8. The Morgan fingerprint density at radius 1 is 1.56 bits per heavy atom. The molecule has 1 N–H and O–H groups in total. The predicted octanol–water partition coefficient (Wildman–Crippen LogP) is 3.90. The molecule has 0 spiro atoms. The van der Waals surface area contributed by atoms with Crippen molar-refractivity contribution in [2.24, 2.45) is 0 Å². The molecule has 1 aromatic heterocycles. The summed E-state index contributed by atoms with van der Waals surface area (Å²) in [6, 6.07) is 6.26. The summed E-state index contributed by atoms with van der Waals surface area (Å²) in [4.78, 5) is 3.22. The van der Waals surface area contributed by atoms with Crippen molar-refractivity contribution in [3.8, 4) is 0 Å². The first-order valence-corrected chi connectivity index (χ1v) is 7.17. The Kier molecular flexibility index (Phi) is 4.58.